The zero-order chi connectivity index (χ0) is 31.7. The Hall–Kier alpha value is -3.56. The number of halogens is 1. The third-order valence-corrected chi connectivity index (χ3v) is 7.11. The van der Waals surface area contributed by atoms with Gasteiger partial charge in [-0.25, -0.2) is 0 Å². The van der Waals surface area contributed by atoms with Gasteiger partial charge in [0.25, 0.3) is 0 Å². The van der Waals surface area contributed by atoms with Crippen molar-refractivity contribution in [2.75, 3.05) is 30.4 Å². The molecule has 7 heteroatoms. The summed E-state index contributed by atoms with van der Waals surface area (Å²) in [5.74, 6) is 0.857. The third kappa shape index (κ3) is 11.8. The molecule has 2 aromatic carbocycles. The van der Waals surface area contributed by atoms with Crippen LogP contribution in [0, 0.1) is 23.2 Å². The molecule has 0 bridgehead atoms. The molecule has 2 rings (SSSR count). The van der Waals surface area contributed by atoms with E-state index in [0.29, 0.717) is 41.1 Å². The summed E-state index contributed by atoms with van der Waals surface area (Å²) in [6.07, 6.45) is 2.35. The van der Waals surface area contributed by atoms with Crippen molar-refractivity contribution in [3.63, 3.8) is 0 Å². The van der Waals surface area contributed by atoms with E-state index in [1.165, 1.54) is 0 Å². The molecule has 2 aromatic rings. The normalized spacial score (nSPS) is 10.6. The Morgan fingerprint density at radius 3 is 2.17 bits per heavy atom. The Morgan fingerprint density at radius 2 is 1.73 bits per heavy atom. The van der Waals surface area contributed by atoms with Gasteiger partial charge in [0.15, 0.2) is 0 Å². The van der Waals surface area contributed by atoms with Crippen LogP contribution in [0.1, 0.15) is 84.9 Å². The quantitative estimate of drug-likeness (QED) is 0.254. The summed E-state index contributed by atoms with van der Waals surface area (Å²) in [5, 5.41) is 12.0. The van der Waals surface area contributed by atoms with Crippen LogP contribution in [0.3, 0.4) is 0 Å². The fraction of sp³-hybridized carbons (Fsp3) is 0.441. The Morgan fingerprint density at radius 1 is 1.10 bits per heavy atom. The molecule has 0 aromatic heterocycles. The van der Waals surface area contributed by atoms with Gasteiger partial charge < -0.3 is 15.1 Å². The first-order valence-corrected chi connectivity index (χ1v) is 14.7. The van der Waals surface area contributed by atoms with Crippen LogP contribution in [0.4, 0.5) is 11.4 Å². The highest BCUT2D eigenvalue weighted by Crippen LogP contribution is 2.30. The summed E-state index contributed by atoms with van der Waals surface area (Å²) in [5.41, 5.74) is 5.88. The highest BCUT2D eigenvalue weighted by atomic mass is 35.5. The first-order valence-electron chi connectivity index (χ1n) is 14.4. The van der Waals surface area contributed by atoms with Gasteiger partial charge >= 0.3 is 0 Å². The SMILES string of the molecule is C=C(C)c1ccc(N(C=O)CC)c(C(=C)N(C)CC)c1.CC.CCC(CC(=O)Nc1ccc(C#N)c(Cl)c1)C(C)C. The van der Waals surface area contributed by atoms with Crippen LogP contribution in [0.2, 0.25) is 5.02 Å². The summed E-state index contributed by atoms with van der Waals surface area (Å²) in [6.45, 7) is 26.0. The minimum atomic E-state index is -0.0127. The van der Waals surface area contributed by atoms with Crippen molar-refractivity contribution < 1.29 is 9.59 Å². The number of allylic oxidation sites excluding steroid dienone is 1. The molecule has 0 spiro atoms. The van der Waals surface area contributed by atoms with Gasteiger partial charge in [-0.15, -0.1) is 0 Å². The van der Waals surface area contributed by atoms with Crippen LogP contribution in [0.15, 0.2) is 49.6 Å². The molecule has 2 amide bonds. The number of nitriles is 1. The molecule has 6 nitrogen and oxygen atoms in total. The number of hydrogen-bond acceptors (Lipinski definition) is 4. The maximum Gasteiger partial charge on any atom is 0.224 e. The van der Waals surface area contributed by atoms with Crippen molar-refractivity contribution in [2.45, 2.75) is 68.2 Å². The molecule has 0 aliphatic heterocycles. The average Bonchev–Trinajstić information content (AvgIpc) is 2.97. The van der Waals surface area contributed by atoms with Gasteiger partial charge in [0, 0.05) is 43.5 Å². The Bertz CT molecular complexity index is 1200. The number of carbonyl (C=O) groups is 2. The van der Waals surface area contributed by atoms with Crippen LogP contribution in [0.25, 0.3) is 11.3 Å². The molecule has 0 aliphatic carbocycles. The number of nitrogens with one attached hydrogen (secondary N) is 1. The molecular formula is C34H49ClN4O2. The number of anilines is 2. The van der Waals surface area contributed by atoms with E-state index < -0.39 is 0 Å². The van der Waals surface area contributed by atoms with Crippen molar-refractivity contribution in [3.05, 3.63) is 71.3 Å². The van der Waals surface area contributed by atoms with Crippen molar-refractivity contribution in [3.8, 4) is 6.07 Å². The first kappa shape index (κ1) is 37.4. The molecule has 1 unspecified atom stereocenters. The smallest absolute Gasteiger partial charge is 0.224 e. The van der Waals surface area contributed by atoms with Crippen LogP contribution in [-0.2, 0) is 9.59 Å². The maximum absolute atomic E-state index is 11.9. The predicted octanol–water partition coefficient (Wildman–Crippen LogP) is 8.87. The van der Waals surface area contributed by atoms with Gasteiger partial charge in [0.1, 0.15) is 6.07 Å². The Balaban J connectivity index is 0.000000737. The molecule has 0 aliphatic rings. The molecule has 0 heterocycles. The Kier molecular flexibility index (Phi) is 17.8. The zero-order valence-electron chi connectivity index (χ0n) is 26.5. The summed E-state index contributed by atoms with van der Waals surface area (Å²) in [4.78, 5) is 26.9. The van der Waals surface area contributed by atoms with Crippen LogP contribution in [-0.4, -0.2) is 37.4 Å². The van der Waals surface area contributed by atoms with E-state index in [1.54, 1.807) is 23.1 Å². The second-order valence-electron chi connectivity index (χ2n) is 9.84. The van der Waals surface area contributed by atoms with Gasteiger partial charge in [-0.1, -0.05) is 77.4 Å². The van der Waals surface area contributed by atoms with Crippen LogP contribution < -0.4 is 10.2 Å². The molecule has 0 fully saturated rings. The third-order valence-electron chi connectivity index (χ3n) is 6.80. The predicted molar refractivity (Wildman–Crippen MR) is 177 cm³/mol. The molecule has 41 heavy (non-hydrogen) atoms. The van der Waals surface area contributed by atoms with E-state index in [4.69, 9.17) is 16.9 Å². The molecule has 1 N–H and O–H groups in total. The fourth-order valence-electron chi connectivity index (χ4n) is 3.97. The second-order valence-corrected chi connectivity index (χ2v) is 10.2. The molecule has 224 valence electrons. The van der Waals surface area contributed by atoms with Gasteiger partial charge in [-0.05, 0) is 68.5 Å². The van der Waals surface area contributed by atoms with Gasteiger partial charge in [-0.2, -0.15) is 5.26 Å². The summed E-state index contributed by atoms with van der Waals surface area (Å²) in [6, 6.07) is 12.9. The number of benzene rings is 2. The summed E-state index contributed by atoms with van der Waals surface area (Å²) >= 11 is 5.92. The number of hydrogen-bond donors (Lipinski definition) is 1. The van der Waals surface area contributed by atoms with Gasteiger partial charge in [0.2, 0.25) is 12.3 Å². The van der Waals surface area contributed by atoms with Crippen LogP contribution >= 0.6 is 11.6 Å². The van der Waals surface area contributed by atoms with E-state index in [1.807, 2.05) is 52.9 Å². The number of rotatable bonds is 12. The van der Waals surface area contributed by atoms with Gasteiger partial charge in [0.05, 0.1) is 16.3 Å². The molecule has 0 saturated heterocycles. The number of nitrogens with zero attached hydrogens (tertiary/aromatic N) is 3. The van der Waals surface area contributed by atoms with E-state index in [2.05, 4.69) is 57.1 Å². The second kappa shape index (κ2) is 19.5. The lowest BCUT2D eigenvalue weighted by atomic mass is 9.90. The molecule has 0 saturated carbocycles. The lowest BCUT2D eigenvalue weighted by Crippen LogP contribution is -2.23. The molecule has 0 radical (unpaired) electrons. The summed E-state index contributed by atoms with van der Waals surface area (Å²) in [7, 11) is 2.00. The minimum absolute atomic E-state index is 0.0127. The lowest BCUT2D eigenvalue weighted by molar-refractivity contribution is -0.117. The first-order chi connectivity index (χ1) is 19.4. The van der Waals surface area contributed by atoms with Crippen LogP contribution in [0.5, 0.6) is 0 Å². The highest BCUT2D eigenvalue weighted by molar-refractivity contribution is 6.32. The van der Waals surface area contributed by atoms with Crippen molar-refractivity contribution in [2.24, 2.45) is 11.8 Å². The maximum atomic E-state index is 11.9. The lowest BCUT2D eigenvalue weighted by Gasteiger charge is -2.26. The van der Waals surface area contributed by atoms with E-state index in [0.717, 1.165) is 47.5 Å². The zero-order valence-corrected chi connectivity index (χ0v) is 27.2. The number of carbonyl (C=O) groups excluding carboxylic acids is 2. The summed E-state index contributed by atoms with van der Waals surface area (Å²) < 4.78 is 0. The van der Waals surface area contributed by atoms with Crippen molar-refractivity contribution in [1.82, 2.24) is 4.90 Å². The van der Waals surface area contributed by atoms with E-state index in [9.17, 15) is 9.59 Å². The monoisotopic (exact) mass is 580 g/mol. The largest absolute Gasteiger partial charge is 0.375 e. The van der Waals surface area contributed by atoms with Gasteiger partial charge in [-0.3, -0.25) is 9.59 Å². The highest BCUT2D eigenvalue weighted by Gasteiger charge is 2.16. The minimum Gasteiger partial charge on any atom is -0.375 e. The van der Waals surface area contributed by atoms with E-state index in [-0.39, 0.29) is 5.91 Å². The standard InChI is InChI=1S/C17H24N2O.C15H19ClN2O.C2H6/c1-7-18(6)14(5)16-11-15(13(3)4)9-10-17(16)19(8-2)12-20;1-4-11(10(2)3)7-15(19)18-13-6-5-12(9-17)14(16)8-13;1-2/h9-12H,3,5,7-8H2,1-2,4,6H3;5-6,8,10-11H,4,7H2,1-3H3,(H,18,19);1-2H3. The van der Waals surface area contributed by atoms with Crippen molar-refractivity contribution >= 4 is 46.6 Å². The molecule has 1 atom stereocenters. The average molecular weight is 581 g/mol. The van der Waals surface area contributed by atoms with Crippen molar-refractivity contribution in [1.29, 1.82) is 5.26 Å². The fourth-order valence-corrected chi connectivity index (χ4v) is 4.19. The molecular weight excluding hydrogens is 532 g/mol. The Labute approximate surface area is 253 Å². The van der Waals surface area contributed by atoms with E-state index >= 15 is 0 Å². The number of amides is 2. The topological polar surface area (TPSA) is 76.4 Å².